The van der Waals surface area contributed by atoms with Gasteiger partial charge in [0.05, 0.1) is 5.69 Å². The highest BCUT2D eigenvalue weighted by Crippen LogP contribution is 2.43. The molecule has 2 unspecified atom stereocenters. The van der Waals surface area contributed by atoms with E-state index in [4.69, 9.17) is 0 Å². The lowest BCUT2D eigenvalue weighted by Crippen LogP contribution is -2.49. The van der Waals surface area contributed by atoms with E-state index in [1.54, 1.807) is 4.68 Å². The van der Waals surface area contributed by atoms with Gasteiger partial charge in [0.1, 0.15) is 6.54 Å². The van der Waals surface area contributed by atoms with Crippen molar-refractivity contribution in [3.63, 3.8) is 0 Å². The Hall–Kier alpha value is -1.95. The fourth-order valence-electron chi connectivity index (χ4n) is 5.09. The average Bonchev–Trinajstić information content (AvgIpc) is 3.38. The zero-order valence-corrected chi connectivity index (χ0v) is 15.6. The van der Waals surface area contributed by atoms with Gasteiger partial charge >= 0.3 is 0 Å². The van der Waals surface area contributed by atoms with Crippen LogP contribution < -0.4 is 5.32 Å². The minimum absolute atomic E-state index is 0.0574. The van der Waals surface area contributed by atoms with Crippen molar-refractivity contribution in [1.29, 1.82) is 0 Å². The van der Waals surface area contributed by atoms with Gasteiger partial charge in [0.2, 0.25) is 5.91 Å². The molecule has 0 radical (unpaired) electrons. The molecule has 5 rings (SSSR count). The Morgan fingerprint density at radius 2 is 1.96 bits per heavy atom. The minimum Gasteiger partial charge on any atom is -0.352 e. The quantitative estimate of drug-likeness (QED) is 0.916. The standard InChI is InChI=1S/C20H27N5O/c1-12-19-17(13-3-4-13)7-8-21-20(19)25(23-12)11-18(26)22-14-9-15-5-6-16(10-14)24(15)2/h7-8,13-16H,3-6,9-11H2,1-2H3,(H,22,26). The molecule has 2 aliphatic heterocycles. The third-order valence-corrected chi connectivity index (χ3v) is 6.61. The van der Waals surface area contributed by atoms with Crippen LogP contribution in [0.5, 0.6) is 0 Å². The molecule has 6 nitrogen and oxygen atoms in total. The molecule has 0 aromatic carbocycles. The van der Waals surface area contributed by atoms with Gasteiger partial charge in [-0.25, -0.2) is 9.67 Å². The Morgan fingerprint density at radius 1 is 1.23 bits per heavy atom. The molecule has 2 aromatic heterocycles. The lowest BCUT2D eigenvalue weighted by Gasteiger charge is -2.36. The average molecular weight is 353 g/mol. The molecule has 0 spiro atoms. The van der Waals surface area contributed by atoms with E-state index in [0.29, 0.717) is 24.0 Å². The van der Waals surface area contributed by atoms with Gasteiger partial charge in [-0.2, -0.15) is 5.10 Å². The minimum atomic E-state index is 0.0574. The Balaban J connectivity index is 1.32. The molecular formula is C20H27N5O. The van der Waals surface area contributed by atoms with Crippen molar-refractivity contribution in [2.75, 3.05) is 7.05 Å². The molecule has 1 N–H and O–H groups in total. The fraction of sp³-hybridized carbons (Fsp3) is 0.650. The third kappa shape index (κ3) is 2.71. The summed E-state index contributed by atoms with van der Waals surface area (Å²) in [6, 6.07) is 3.69. The number of fused-ring (bicyclic) bond motifs is 3. The fourth-order valence-corrected chi connectivity index (χ4v) is 5.09. The maximum atomic E-state index is 12.7. The highest BCUT2D eigenvalue weighted by molar-refractivity contribution is 5.85. The molecule has 2 saturated heterocycles. The first-order chi connectivity index (χ1) is 12.6. The molecule has 2 atom stereocenters. The molecule has 3 aliphatic rings. The molecule has 138 valence electrons. The second kappa shape index (κ2) is 6.05. The number of aromatic nitrogens is 3. The second-order valence-electron chi connectivity index (χ2n) is 8.40. The van der Waals surface area contributed by atoms with Gasteiger partial charge < -0.3 is 10.2 Å². The number of nitrogens with one attached hydrogen (secondary N) is 1. The lowest BCUT2D eigenvalue weighted by molar-refractivity contribution is -0.123. The number of pyridine rings is 1. The van der Waals surface area contributed by atoms with Crippen molar-refractivity contribution >= 4 is 16.9 Å². The summed E-state index contributed by atoms with van der Waals surface area (Å²) in [7, 11) is 2.22. The largest absolute Gasteiger partial charge is 0.352 e. The van der Waals surface area contributed by atoms with E-state index in [1.165, 1.54) is 31.2 Å². The molecular weight excluding hydrogens is 326 g/mol. The topological polar surface area (TPSA) is 63.1 Å². The number of carbonyl (C=O) groups is 1. The van der Waals surface area contributed by atoms with Crippen LogP contribution in [0.1, 0.15) is 55.7 Å². The number of rotatable bonds is 4. The molecule has 1 amide bonds. The smallest absolute Gasteiger partial charge is 0.242 e. The Morgan fingerprint density at radius 3 is 2.65 bits per heavy atom. The first-order valence-corrected chi connectivity index (χ1v) is 9.93. The first-order valence-electron chi connectivity index (χ1n) is 9.93. The molecule has 1 saturated carbocycles. The number of piperidine rings is 1. The molecule has 2 bridgehead atoms. The van der Waals surface area contributed by atoms with E-state index in [-0.39, 0.29) is 12.5 Å². The number of hydrogen-bond acceptors (Lipinski definition) is 4. The number of nitrogens with zero attached hydrogens (tertiary/aromatic N) is 4. The van der Waals surface area contributed by atoms with E-state index in [1.807, 2.05) is 13.1 Å². The van der Waals surface area contributed by atoms with Crippen molar-refractivity contribution in [2.45, 2.75) is 76.0 Å². The van der Waals surface area contributed by atoms with Crippen LogP contribution in [0, 0.1) is 6.92 Å². The molecule has 1 aliphatic carbocycles. The van der Waals surface area contributed by atoms with Crippen molar-refractivity contribution in [3.05, 3.63) is 23.5 Å². The number of amides is 1. The summed E-state index contributed by atoms with van der Waals surface area (Å²) in [4.78, 5) is 19.7. The van der Waals surface area contributed by atoms with Gasteiger partial charge in [-0.3, -0.25) is 4.79 Å². The summed E-state index contributed by atoms with van der Waals surface area (Å²) >= 11 is 0. The van der Waals surface area contributed by atoms with Crippen LogP contribution in [-0.2, 0) is 11.3 Å². The van der Waals surface area contributed by atoms with Crippen LogP contribution in [0.3, 0.4) is 0 Å². The van der Waals surface area contributed by atoms with Gasteiger partial charge in [0, 0.05) is 29.7 Å². The third-order valence-electron chi connectivity index (χ3n) is 6.61. The van der Waals surface area contributed by atoms with Crippen LogP contribution in [0.25, 0.3) is 11.0 Å². The Kier molecular flexibility index (Phi) is 3.78. The maximum Gasteiger partial charge on any atom is 0.242 e. The number of hydrogen-bond donors (Lipinski definition) is 1. The van der Waals surface area contributed by atoms with Crippen LogP contribution in [0.4, 0.5) is 0 Å². The maximum absolute atomic E-state index is 12.7. The summed E-state index contributed by atoms with van der Waals surface area (Å²) in [6.45, 7) is 2.28. The van der Waals surface area contributed by atoms with Crippen molar-refractivity contribution in [3.8, 4) is 0 Å². The van der Waals surface area contributed by atoms with Crippen LogP contribution in [-0.4, -0.2) is 50.7 Å². The van der Waals surface area contributed by atoms with Gasteiger partial charge in [-0.1, -0.05) is 0 Å². The summed E-state index contributed by atoms with van der Waals surface area (Å²) in [6.07, 6.45) is 9.05. The molecule has 26 heavy (non-hydrogen) atoms. The Labute approximate surface area is 154 Å². The Bertz CT molecular complexity index is 841. The predicted octanol–water partition coefficient (Wildman–Crippen LogP) is 2.36. The second-order valence-corrected chi connectivity index (χ2v) is 8.40. The molecule has 2 aromatic rings. The highest BCUT2D eigenvalue weighted by atomic mass is 16.2. The lowest BCUT2D eigenvalue weighted by atomic mass is 9.98. The number of carbonyl (C=O) groups excluding carboxylic acids is 1. The first kappa shape index (κ1) is 16.2. The molecule has 6 heteroatoms. The molecule has 4 heterocycles. The zero-order valence-electron chi connectivity index (χ0n) is 15.6. The normalized spacial score (nSPS) is 28.6. The summed E-state index contributed by atoms with van der Waals surface area (Å²) in [5.74, 6) is 0.711. The van der Waals surface area contributed by atoms with E-state index in [0.717, 1.165) is 29.6 Å². The summed E-state index contributed by atoms with van der Waals surface area (Å²) < 4.78 is 1.79. The van der Waals surface area contributed by atoms with Crippen LogP contribution in [0.15, 0.2) is 12.3 Å². The van der Waals surface area contributed by atoms with Gasteiger partial charge in [0.15, 0.2) is 5.65 Å². The van der Waals surface area contributed by atoms with Gasteiger partial charge in [-0.05, 0) is 70.0 Å². The van der Waals surface area contributed by atoms with Crippen molar-refractivity contribution < 1.29 is 4.79 Å². The van der Waals surface area contributed by atoms with Crippen molar-refractivity contribution in [2.24, 2.45) is 0 Å². The van der Waals surface area contributed by atoms with Gasteiger partial charge in [0.25, 0.3) is 0 Å². The van der Waals surface area contributed by atoms with E-state index >= 15 is 0 Å². The summed E-state index contributed by atoms with van der Waals surface area (Å²) in [5.41, 5.74) is 3.19. The SMILES string of the molecule is Cc1nn(CC(=O)NC2CC3CCC(C2)N3C)c2nccc(C3CC3)c12. The summed E-state index contributed by atoms with van der Waals surface area (Å²) in [5, 5.41) is 9.04. The van der Waals surface area contributed by atoms with E-state index < -0.39 is 0 Å². The highest BCUT2D eigenvalue weighted by Gasteiger charge is 2.38. The van der Waals surface area contributed by atoms with E-state index in [9.17, 15) is 4.79 Å². The zero-order chi connectivity index (χ0) is 17.8. The monoisotopic (exact) mass is 353 g/mol. The van der Waals surface area contributed by atoms with Crippen molar-refractivity contribution in [1.82, 2.24) is 25.0 Å². The van der Waals surface area contributed by atoms with Crippen LogP contribution >= 0.6 is 0 Å². The predicted molar refractivity (Wildman–Crippen MR) is 100.0 cm³/mol. The number of aryl methyl sites for hydroxylation is 1. The molecule has 3 fully saturated rings. The van der Waals surface area contributed by atoms with E-state index in [2.05, 4.69) is 33.4 Å². The van der Waals surface area contributed by atoms with Gasteiger partial charge in [-0.15, -0.1) is 0 Å². The van der Waals surface area contributed by atoms with Crippen LogP contribution in [0.2, 0.25) is 0 Å².